The smallest absolute Gasteiger partial charge is 0.160 e. The predicted octanol–water partition coefficient (Wildman–Crippen LogP) is 4.29. The molecule has 0 unspecified atom stereocenters. The largest absolute Gasteiger partial charge is 0.381 e. The number of aromatic nitrogens is 5. The fourth-order valence-corrected chi connectivity index (χ4v) is 4.92. The molecule has 1 aromatic carbocycles. The van der Waals surface area contributed by atoms with Gasteiger partial charge in [-0.2, -0.15) is 9.61 Å². The maximum absolute atomic E-state index is 14.4. The fourth-order valence-electron chi connectivity index (χ4n) is 4.92. The normalized spacial score (nSPS) is 17.2. The van der Waals surface area contributed by atoms with Gasteiger partial charge in [-0.25, -0.2) is 19.3 Å². The third-order valence-corrected chi connectivity index (χ3v) is 6.70. The van der Waals surface area contributed by atoms with Crippen LogP contribution in [0.5, 0.6) is 0 Å². The molecule has 0 spiro atoms. The number of aryl methyl sites for hydroxylation is 2. The van der Waals surface area contributed by atoms with Crippen LogP contribution >= 0.6 is 0 Å². The Morgan fingerprint density at radius 1 is 1.00 bits per heavy atom. The van der Waals surface area contributed by atoms with E-state index in [1.54, 1.807) is 0 Å². The van der Waals surface area contributed by atoms with Crippen molar-refractivity contribution < 1.29 is 9.13 Å². The summed E-state index contributed by atoms with van der Waals surface area (Å²) in [5, 5.41) is 8.55. The van der Waals surface area contributed by atoms with Crippen molar-refractivity contribution >= 4 is 28.3 Å². The van der Waals surface area contributed by atoms with Crippen molar-refractivity contribution in [3.63, 3.8) is 0 Å². The van der Waals surface area contributed by atoms with E-state index in [1.165, 1.54) is 18.9 Å². The Morgan fingerprint density at radius 2 is 1.79 bits per heavy atom. The van der Waals surface area contributed by atoms with Crippen LogP contribution in [0.2, 0.25) is 0 Å². The molecule has 9 heteroatoms. The van der Waals surface area contributed by atoms with E-state index in [0.717, 1.165) is 62.0 Å². The number of halogens is 1. The Kier molecular flexibility index (Phi) is 5.28. The number of hydrogen-bond donors (Lipinski definition) is 1. The second kappa shape index (κ2) is 8.47. The molecule has 0 amide bonds. The summed E-state index contributed by atoms with van der Waals surface area (Å²) in [4.78, 5) is 16.5. The van der Waals surface area contributed by atoms with E-state index in [9.17, 15) is 4.39 Å². The molecule has 8 nitrogen and oxygen atoms in total. The highest BCUT2D eigenvalue weighted by molar-refractivity contribution is 5.79. The molecular weight excluding hydrogens is 433 g/mol. The SMILES string of the molecule is Cc1cc(F)c2nc(C)c(-c3cc4nc(N5CCCC5)cc(NC5CCOCC5)n4n3)nc2c1. The van der Waals surface area contributed by atoms with Gasteiger partial charge in [0.05, 0.1) is 11.2 Å². The van der Waals surface area contributed by atoms with E-state index in [-0.39, 0.29) is 11.3 Å². The standard InChI is InChI=1S/C25H28FN7O/c1-15-11-18(26)25-19(12-15)29-24(16(2)27-25)20-13-22-30-21(32-7-3-4-8-32)14-23(33(22)31-20)28-17-5-9-34-10-6-17/h11-14,17,28H,3-10H2,1-2H3. The lowest BCUT2D eigenvalue weighted by atomic mass is 10.1. The third kappa shape index (κ3) is 3.83. The Hall–Kier alpha value is -3.33. The summed E-state index contributed by atoms with van der Waals surface area (Å²) in [6.07, 6.45) is 4.28. The minimum absolute atomic E-state index is 0.284. The van der Waals surface area contributed by atoms with Crippen molar-refractivity contribution in [3.05, 3.63) is 41.3 Å². The summed E-state index contributed by atoms with van der Waals surface area (Å²) in [5.41, 5.74) is 4.33. The summed E-state index contributed by atoms with van der Waals surface area (Å²) in [6, 6.07) is 7.71. The molecule has 4 aromatic rings. The third-order valence-electron chi connectivity index (χ3n) is 6.70. The van der Waals surface area contributed by atoms with Gasteiger partial charge >= 0.3 is 0 Å². The molecule has 0 radical (unpaired) electrons. The topological polar surface area (TPSA) is 80.5 Å². The van der Waals surface area contributed by atoms with Gasteiger partial charge in [0.1, 0.15) is 28.5 Å². The first-order valence-electron chi connectivity index (χ1n) is 12.0. The van der Waals surface area contributed by atoms with Gasteiger partial charge in [-0.3, -0.25) is 0 Å². The molecule has 1 N–H and O–H groups in total. The Labute approximate surface area is 197 Å². The summed E-state index contributed by atoms with van der Waals surface area (Å²) in [7, 11) is 0. The maximum atomic E-state index is 14.4. The highest BCUT2D eigenvalue weighted by atomic mass is 19.1. The van der Waals surface area contributed by atoms with Gasteiger partial charge in [-0.05, 0) is 57.2 Å². The summed E-state index contributed by atoms with van der Waals surface area (Å²) in [6.45, 7) is 7.25. The highest BCUT2D eigenvalue weighted by Gasteiger charge is 2.21. The van der Waals surface area contributed by atoms with Gasteiger partial charge in [0.25, 0.3) is 0 Å². The minimum Gasteiger partial charge on any atom is -0.381 e. The maximum Gasteiger partial charge on any atom is 0.160 e. The van der Waals surface area contributed by atoms with Crippen molar-refractivity contribution in [2.75, 3.05) is 36.5 Å². The second-order valence-corrected chi connectivity index (χ2v) is 9.30. The van der Waals surface area contributed by atoms with Gasteiger partial charge < -0.3 is 15.0 Å². The lowest BCUT2D eigenvalue weighted by Crippen LogP contribution is -2.29. The fraction of sp³-hybridized carbons (Fsp3) is 0.440. The van der Waals surface area contributed by atoms with Crippen molar-refractivity contribution in [2.45, 2.75) is 45.6 Å². The predicted molar refractivity (Wildman–Crippen MR) is 130 cm³/mol. The molecule has 0 saturated carbocycles. The van der Waals surface area contributed by atoms with Crippen molar-refractivity contribution in [1.29, 1.82) is 0 Å². The van der Waals surface area contributed by atoms with Gasteiger partial charge in [0, 0.05) is 44.5 Å². The summed E-state index contributed by atoms with van der Waals surface area (Å²) in [5.74, 6) is 1.52. The number of anilines is 2. The van der Waals surface area contributed by atoms with Crippen LogP contribution in [0.25, 0.3) is 28.1 Å². The van der Waals surface area contributed by atoms with Crippen molar-refractivity contribution in [1.82, 2.24) is 24.6 Å². The van der Waals surface area contributed by atoms with E-state index in [0.29, 0.717) is 28.6 Å². The Morgan fingerprint density at radius 3 is 2.59 bits per heavy atom. The quantitative estimate of drug-likeness (QED) is 0.486. The van der Waals surface area contributed by atoms with Crippen molar-refractivity contribution in [3.8, 4) is 11.4 Å². The molecular formula is C25H28FN7O. The summed E-state index contributed by atoms with van der Waals surface area (Å²) < 4.78 is 21.8. The molecule has 2 fully saturated rings. The molecule has 34 heavy (non-hydrogen) atoms. The van der Waals surface area contributed by atoms with Crippen LogP contribution in [0.1, 0.15) is 36.9 Å². The zero-order valence-corrected chi connectivity index (χ0v) is 19.5. The number of hydrogen-bond acceptors (Lipinski definition) is 7. The van der Waals surface area contributed by atoms with Gasteiger partial charge in [0.2, 0.25) is 0 Å². The molecule has 2 aliphatic rings. The first kappa shape index (κ1) is 21.2. The van der Waals surface area contributed by atoms with E-state index in [1.807, 2.05) is 30.5 Å². The number of benzene rings is 1. The number of nitrogens with one attached hydrogen (secondary N) is 1. The van der Waals surface area contributed by atoms with Crippen molar-refractivity contribution in [2.24, 2.45) is 0 Å². The highest BCUT2D eigenvalue weighted by Crippen LogP contribution is 2.29. The van der Waals surface area contributed by atoms with E-state index in [2.05, 4.69) is 21.3 Å². The van der Waals surface area contributed by atoms with Gasteiger partial charge in [-0.1, -0.05) is 0 Å². The Balaban J connectivity index is 1.47. The molecule has 0 atom stereocenters. The average Bonchev–Trinajstić information content (AvgIpc) is 3.50. The molecule has 2 aliphatic heterocycles. The molecule has 176 valence electrons. The molecule has 3 aromatic heterocycles. The van der Waals surface area contributed by atoms with Crippen LogP contribution in [-0.4, -0.2) is 56.9 Å². The first-order chi connectivity index (χ1) is 16.5. The van der Waals surface area contributed by atoms with Crippen LogP contribution in [0.15, 0.2) is 24.3 Å². The zero-order valence-electron chi connectivity index (χ0n) is 19.5. The van der Waals surface area contributed by atoms with E-state index >= 15 is 0 Å². The average molecular weight is 462 g/mol. The van der Waals surface area contributed by atoms with Gasteiger partial charge in [-0.15, -0.1) is 0 Å². The number of rotatable bonds is 4. The van der Waals surface area contributed by atoms with Crippen LogP contribution in [-0.2, 0) is 4.74 Å². The summed E-state index contributed by atoms with van der Waals surface area (Å²) >= 11 is 0. The van der Waals surface area contributed by atoms with E-state index in [4.69, 9.17) is 19.8 Å². The van der Waals surface area contributed by atoms with Gasteiger partial charge in [0.15, 0.2) is 11.5 Å². The van der Waals surface area contributed by atoms with Crippen LogP contribution < -0.4 is 10.2 Å². The monoisotopic (exact) mass is 461 g/mol. The molecule has 0 aliphatic carbocycles. The van der Waals surface area contributed by atoms with Crippen LogP contribution in [0, 0.1) is 19.7 Å². The second-order valence-electron chi connectivity index (χ2n) is 9.30. The number of ether oxygens (including phenoxy) is 1. The molecule has 2 saturated heterocycles. The number of fused-ring (bicyclic) bond motifs is 2. The van der Waals surface area contributed by atoms with Crippen LogP contribution in [0.3, 0.4) is 0 Å². The van der Waals surface area contributed by atoms with E-state index < -0.39 is 0 Å². The lowest BCUT2D eigenvalue weighted by Gasteiger charge is -2.25. The Bertz CT molecular complexity index is 1370. The lowest BCUT2D eigenvalue weighted by molar-refractivity contribution is 0.0903. The molecule has 6 rings (SSSR count). The first-order valence-corrected chi connectivity index (χ1v) is 12.0. The van der Waals surface area contributed by atoms with Crippen LogP contribution in [0.4, 0.5) is 16.0 Å². The zero-order chi connectivity index (χ0) is 23.2. The molecule has 5 heterocycles. The minimum atomic E-state index is -0.355. The molecule has 0 bridgehead atoms. The number of nitrogens with zero attached hydrogens (tertiary/aromatic N) is 6.